The van der Waals surface area contributed by atoms with Crippen molar-refractivity contribution in [1.29, 1.82) is 0 Å². The van der Waals surface area contributed by atoms with Gasteiger partial charge in [0.2, 0.25) is 0 Å². The highest BCUT2D eigenvalue weighted by Gasteiger charge is 2.26. The molecule has 0 bridgehead atoms. The fraction of sp³-hybridized carbons (Fsp3) is 0.571. The highest BCUT2D eigenvalue weighted by molar-refractivity contribution is 7.14. The minimum absolute atomic E-state index is 0.420. The Morgan fingerprint density at radius 2 is 2.00 bits per heavy atom. The first kappa shape index (κ1) is 15.0. The number of hydrogen-bond donors (Lipinski definition) is 3. The first-order chi connectivity index (χ1) is 9.49. The van der Waals surface area contributed by atoms with Crippen LogP contribution < -0.4 is 5.32 Å². The van der Waals surface area contributed by atoms with Gasteiger partial charge in [0.1, 0.15) is 0 Å². The molecule has 110 valence electrons. The van der Waals surface area contributed by atoms with Gasteiger partial charge in [0.15, 0.2) is 6.04 Å². The number of carboxylic acid groups (broad SMARTS) is 1. The number of amides is 1. The van der Waals surface area contributed by atoms with Crippen LogP contribution in [-0.2, 0) is 17.6 Å². The van der Waals surface area contributed by atoms with Gasteiger partial charge in [0.05, 0.1) is 11.0 Å². The van der Waals surface area contributed by atoms with Crippen LogP contribution in [0, 0.1) is 0 Å². The monoisotopic (exact) mass is 297 g/mol. The van der Waals surface area contributed by atoms with Gasteiger partial charge in [-0.1, -0.05) is 6.42 Å². The number of carboxylic acids is 1. The minimum atomic E-state index is -1.27. The molecule has 6 heteroatoms. The Morgan fingerprint density at radius 3 is 2.65 bits per heavy atom. The van der Waals surface area contributed by atoms with Gasteiger partial charge in [-0.05, 0) is 44.2 Å². The molecule has 0 unspecified atom stereocenters. The van der Waals surface area contributed by atoms with Gasteiger partial charge in [-0.25, -0.2) is 4.79 Å². The van der Waals surface area contributed by atoms with Crippen LogP contribution >= 0.6 is 11.3 Å². The van der Waals surface area contributed by atoms with E-state index < -0.39 is 24.0 Å². The van der Waals surface area contributed by atoms with Crippen molar-refractivity contribution in [3.05, 3.63) is 21.4 Å². The Morgan fingerprint density at radius 1 is 1.30 bits per heavy atom. The molecule has 0 radical (unpaired) electrons. The van der Waals surface area contributed by atoms with Crippen molar-refractivity contribution in [2.24, 2.45) is 0 Å². The summed E-state index contributed by atoms with van der Waals surface area (Å²) in [5, 5.41) is 20.7. The Balaban J connectivity index is 2.11. The molecule has 1 aromatic heterocycles. The molecule has 1 aliphatic rings. The Hall–Kier alpha value is -1.40. The van der Waals surface area contributed by atoms with Crippen molar-refractivity contribution < 1.29 is 19.8 Å². The van der Waals surface area contributed by atoms with E-state index in [4.69, 9.17) is 5.11 Å². The molecule has 0 aliphatic heterocycles. The molecule has 0 saturated carbocycles. The maximum atomic E-state index is 12.1. The van der Waals surface area contributed by atoms with E-state index in [1.807, 2.05) is 6.07 Å². The summed E-state index contributed by atoms with van der Waals surface area (Å²) in [7, 11) is 0. The molecule has 1 aromatic rings. The summed E-state index contributed by atoms with van der Waals surface area (Å²) < 4.78 is 0. The molecule has 0 aromatic carbocycles. The van der Waals surface area contributed by atoms with Crippen LogP contribution in [0.15, 0.2) is 6.07 Å². The van der Waals surface area contributed by atoms with E-state index in [-0.39, 0.29) is 0 Å². The zero-order valence-electron chi connectivity index (χ0n) is 11.4. The third-order valence-electron chi connectivity index (χ3n) is 3.51. The zero-order chi connectivity index (χ0) is 14.7. The largest absolute Gasteiger partial charge is 0.480 e. The molecule has 0 fully saturated rings. The van der Waals surface area contributed by atoms with Crippen molar-refractivity contribution in [2.45, 2.75) is 51.2 Å². The van der Waals surface area contributed by atoms with Crippen molar-refractivity contribution in [3.8, 4) is 0 Å². The number of thiophene rings is 1. The number of fused-ring (bicyclic) bond motifs is 1. The summed E-state index contributed by atoms with van der Waals surface area (Å²) in [5.41, 5.74) is 1.21. The van der Waals surface area contributed by atoms with Gasteiger partial charge in [-0.2, -0.15) is 0 Å². The van der Waals surface area contributed by atoms with Crippen LogP contribution in [0.5, 0.6) is 0 Å². The number of nitrogens with one attached hydrogen (secondary N) is 1. The number of aliphatic hydroxyl groups is 1. The van der Waals surface area contributed by atoms with Crippen LogP contribution in [-0.4, -0.2) is 34.2 Å². The van der Waals surface area contributed by atoms with Crippen LogP contribution in [0.1, 0.15) is 46.3 Å². The zero-order valence-corrected chi connectivity index (χ0v) is 12.2. The number of carbonyl (C=O) groups excluding carboxylic acids is 1. The predicted octanol–water partition coefficient (Wildman–Crippen LogP) is 1.58. The van der Waals surface area contributed by atoms with Crippen LogP contribution in [0.4, 0.5) is 0 Å². The molecule has 1 amide bonds. The Labute approximate surface area is 121 Å². The first-order valence-electron chi connectivity index (χ1n) is 6.82. The van der Waals surface area contributed by atoms with Gasteiger partial charge in [-0.15, -0.1) is 11.3 Å². The molecule has 20 heavy (non-hydrogen) atoms. The van der Waals surface area contributed by atoms with Gasteiger partial charge >= 0.3 is 5.97 Å². The lowest BCUT2D eigenvalue weighted by molar-refractivity contribution is -0.141. The third-order valence-corrected chi connectivity index (χ3v) is 4.74. The number of carbonyl (C=O) groups is 2. The maximum absolute atomic E-state index is 12.1. The summed E-state index contributed by atoms with van der Waals surface area (Å²) >= 11 is 1.44. The lowest BCUT2D eigenvalue weighted by Gasteiger charge is -2.16. The van der Waals surface area contributed by atoms with E-state index in [1.54, 1.807) is 0 Å². The SMILES string of the molecule is C[C@@H](O)[C@H](NC(=O)c1cc2c(s1)CCCCC2)C(=O)O. The van der Waals surface area contributed by atoms with Crippen LogP contribution in [0.2, 0.25) is 0 Å². The quantitative estimate of drug-likeness (QED) is 0.736. The second-order valence-corrected chi connectivity index (χ2v) is 6.29. The summed E-state index contributed by atoms with van der Waals surface area (Å²) in [6, 6.07) is 0.589. The number of aliphatic carboxylic acids is 1. The average molecular weight is 297 g/mol. The number of aryl methyl sites for hydroxylation is 2. The summed E-state index contributed by atoms with van der Waals surface area (Å²) in [5.74, 6) is -1.65. The van der Waals surface area contributed by atoms with Crippen LogP contribution in [0.3, 0.4) is 0 Å². The topological polar surface area (TPSA) is 86.6 Å². The van der Waals surface area contributed by atoms with E-state index in [9.17, 15) is 14.7 Å². The molecule has 2 rings (SSSR count). The molecule has 2 atom stereocenters. The van der Waals surface area contributed by atoms with Crippen molar-refractivity contribution >= 4 is 23.2 Å². The fourth-order valence-electron chi connectivity index (χ4n) is 2.38. The van der Waals surface area contributed by atoms with E-state index in [0.717, 1.165) is 25.7 Å². The van der Waals surface area contributed by atoms with E-state index >= 15 is 0 Å². The lowest BCUT2D eigenvalue weighted by atomic mass is 10.1. The second kappa shape index (κ2) is 6.37. The normalized spacial score (nSPS) is 17.7. The highest BCUT2D eigenvalue weighted by Crippen LogP contribution is 2.29. The van der Waals surface area contributed by atoms with Gasteiger partial charge in [0, 0.05) is 4.88 Å². The molecule has 1 heterocycles. The smallest absolute Gasteiger partial charge is 0.328 e. The molecule has 3 N–H and O–H groups in total. The van der Waals surface area contributed by atoms with E-state index in [1.165, 1.54) is 35.1 Å². The number of hydrogen-bond acceptors (Lipinski definition) is 4. The standard InChI is InChI=1S/C14H19NO4S/c1-8(16)12(14(18)19)15-13(17)11-7-9-5-3-2-4-6-10(9)20-11/h7-8,12,16H,2-6H2,1H3,(H,15,17)(H,18,19)/t8-,12+/m1/s1. The summed E-state index contributed by atoms with van der Waals surface area (Å²) in [4.78, 5) is 24.8. The predicted molar refractivity (Wildman–Crippen MR) is 76.1 cm³/mol. The fourth-order valence-corrected chi connectivity index (χ4v) is 3.54. The van der Waals surface area contributed by atoms with Gasteiger partial charge in [0.25, 0.3) is 5.91 Å². The van der Waals surface area contributed by atoms with E-state index in [2.05, 4.69) is 5.32 Å². The molecular formula is C14H19NO4S. The molecule has 5 nitrogen and oxygen atoms in total. The molecule has 1 aliphatic carbocycles. The molecule has 0 saturated heterocycles. The van der Waals surface area contributed by atoms with Gasteiger partial charge < -0.3 is 15.5 Å². The Kier molecular flexibility index (Phi) is 4.77. The lowest BCUT2D eigenvalue weighted by Crippen LogP contribution is -2.47. The van der Waals surface area contributed by atoms with E-state index in [0.29, 0.717) is 4.88 Å². The van der Waals surface area contributed by atoms with Crippen molar-refractivity contribution in [3.63, 3.8) is 0 Å². The minimum Gasteiger partial charge on any atom is -0.480 e. The highest BCUT2D eigenvalue weighted by atomic mass is 32.1. The van der Waals surface area contributed by atoms with Crippen molar-refractivity contribution in [1.82, 2.24) is 5.32 Å². The maximum Gasteiger partial charge on any atom is 0.328 e. The summed E-state index contributed by atoms with van der Waals surface area (Å²) in [6.07, 6.45) is 4.33. The molecular weight excluding hydrogens is 278 g/mol. The average Bonchev–Trinajstić information content (AvgIpc) is 2.66. The summed E-state index contributed by atoms with van der Waals surface area (Å²) in [6.45, 7) is 1.35. The van der Waals surface area contributed by atoms with Gasteiger partial charge in [-0.3, -0.25) is 4.79 Å². The second-order valence-electron chi connectivity index (χ2n) is 5.15. The van der Waals surface area contributed by atoms with Crippen molar-refractivity contribution in [2.75, 3.05) is 0 Å². The Bertz CT molecular complexity index is 486. The number of rotatable bonds is 4. The number of aliphatic hydroxyl groups excluding tert-OH is 1. The van der Waals surface area contributed by atoms with Crippen LogP contribution in [0.25, 0.3) is 0 Å². The first-order valence-corrected chi connectivity index (χ1v) is 7.64. The third kappa shape index (κ3) is 3.37. The molecule has 0 spiro atoms.